The molecule has 1 aromatic carbocycles. The highest BCUT2D eigenvalue weighted by atomic mass is 32.2. The molecule has 8 heteroatoms. The molecule has 2 rings (SSSR count). The average Bonchev–Trinajstić information content (AvgIpc) is 2.98. The van der Waals surface area contributed by atoms with Crippen molar-refractivity contribution in [2.24, 2.45) is 0 Å². The second-order valence-electron chi connectivity index (χ2n) is 5.16. The summed E-state index contributed by atoms with van der Waals surface area (Å²) in [5, 5.41) is 2.71. The van der Waals surface area contributed by atoms with Crippen molar-refractivity contribution in [1.82, 2.24) is 14.6 Å². The van der Waals surface area contributed by atoms with E-state index in [0.29, 0.717) is 24.4 Å². The van der Waals surface area contributed by atoms with Crippen LogP contribution >= 0.6 is 0 Å². The maximum atomic E-state index is 12.4. The largest absolute Gasteiger partial charge is 0.446 e. The third-order valence-electron chi connectivity index (χ3n) is 3.71. The highest BCUT2D eigenvalue weighted by Gasteiger charge is 2.21. The molecule has 1 heterocycles. The van der Waals surface area contributed by atoms with E-state index in [4.69, 9.17) is 4.42 Å². The minimum absolute atomic E-state index is 0.175. The lowest BCUT2D eigenvalue weighted by atomic mass is 10.2. The van der Waals surface area contributed by atoms with E-state index >= 15 is 0 Å². The smallest absolute Gasteiger partial charge is 0.251 e. The summed E-state index contributed by atoms with van der Waals surface area (Å²) in [4.78, 5) is 16.2. The topological polar surface area (TPSA) is 92.5 Å². The monoisotopic (exact) mass is 351 g/mol. The fourth-order valence-corrected chi connectivity index (χ4v) is 3.71. The average molecular weight is 351 g/mol. The van der Waals surface area contributed by atoms with Crippen LogP contribution in [0.3, 0.4) is 0 Å². The van der Waals surface area contributed by atoms with E-state index in [0.717, 1.165) is 5.69 Å². The maximum absolute atomic E-state index is 12.4. The molecule has 130 valence electrons. The number of nitrogens with one attached hydrogen (secondary N) is 1. The highest BCUT2D eigenvalue weighted by Crippen LogP contribution is 2.16. The second-order valence-corrected chi connectivity index (χ2v) is 7.10. The standard InChI is InChI=1S/C16H21N3O4S/c1-4-19(5-2)24(21,22)14-8-6-13(7-9-14)16(20)17-10-15-12(3)18-11-23-15/h6-9,11H,4-5,10H2,1-3H3,(H,17,20). The first kappa shape index (κ1) is 18.2. The minimum atomic E-state index is -3.52. The van der Waals surface area contributed by atoms with Crippen molar-refractivity contribution in [3.63, 3.8) is 0 Å². The predicted octanol–water partition coefficient (Wildman–Crippen LogP) is 1.94. The fourth-order valence-electron chi connectivity index (χ4n) is 2.25. The summed E-state index contributed by atoms with van der Waals surface area (Å²) in [7, 11) is -3.52. The van der Waals surface area contributed by atoms with E-state index in [9.17, 15) is 13.2 Å². The molecule has 2 aromatic rings. The number of hydrogen-bond acceptors (Lipinski definition) is 5. The van der Waals surface area contributed by atoms with Gasteiger partial charge in [-0.1, -0.05) is 13.8 Å². The number of oxazole rings is 1. The van der Waals surface area contributed by atoms with E-state index in [1.165, 1.54) is 35.0 Å². The molecule has 0 aliphatic carbocycles. The number of rotatable bonds is 7. The van der Waals surface area contributed by atoms with Gasteiger partial charge in [-0.3, -0.25) is 4.79 Å². The van der Waals surface area contributed by atoms with Gasteiger partial charge in [-0.15, -0.1) is 0 Å². The highest BCUT2D eigenvalue weighted by molar-refractivity contribution is 7.89. The number of hydrogen-bond donors (Lipinski definition) is 1. The normalized spacial score (nSPS) is 11.7. The molecule has 1 N–H and O–H groups in total. The lowest BCUT2D eigenvalue weighted by molar-refractivity contribution is 0.0948. The maximum Gasteiger partial charge on any atom is 0.251 e. The Kier molecular flexibility index (Phi) is 5.74. The molecule has 0 aliphatic rings. The van der Waals surface area contributed by atoms with Gasteiger partial charge < -0.3 is 9.73 Å². The molecular formula is C16H21N3O4S. The van der Waals surface area contributed by atoms with E-state index < -0.39 is 10.0 Å². The molecule has 0 fully saturated rings. The first-order chi connectivity index (χ1) is 11.4. The zero-order chi connectivity index (χ0) is 17.7. The number of aryl methyl sites for hydroxylation is 1. The van der Waals surface area contributed by atoms with Crippen LogP contribution in [0.4, 0.5) is 0 Å². The fraction of sp³-hybridized carbons (Fsp3) is 0.375. The summed E-state index contributed by atoms with van der Waals surface area (Å²) < 4.78 is 31.3. The Bertz CT molecular complexity index is 793. The van der Waals surface area contributed by atoms with Crippen molar-refractivity contribution >= 4 is 15.9 Å². The molecule has 24 heavy (non-hydrogen) atoms. The van der Waals surface area contributed by atoms with Gasteiger partial charge in [0.05, 0.1) is 17.1 Å². The van der Waals surface area contributed by atoms with Crippen LogP contribution in [0.2, 0.25) is 0 Å². The summed E-state index contributed by atoms with van der Waals surface area (Å²) in [6, 6.07) is 5.89. The minimum Gasteiger partial charge on any atom is -0.446 e. The third-order valence-corrected chi connectivity index (χ3v) is 5.78. The van der Waals surface area contributed by atoms with Gasteiger partial charge in [0, 0.05) is 18.7 Å². The van der Waals surface area contributed by atoms with Crippen LogP contribution in [0.25, 0.3) is 0 Å². The SMILES string of the molecule is CCN(CC)S(=O)(=O)c1ccc(C(=O)NCc2ocnc2C)cc1. The predicted molar refractivity (Wildman–Crippen MR) is 89.0 cm³/mol. The van der Waals surface area contributed by atoms with Crippen LogP contribution in [0, 0.1) is 6.92 Å². The number of aromatic nitrogens is 1. The summed E-state index contributed by atoms with van der Waals surface area (Å²) in [6.45, 7) is 6.39. The Hall–Kier alpha value is -2.19. The summed E-state index contributed by atoms with van der Waals surface area (Å²) in [5.41, 5.74) is 1.10. The zero-order valence-corrected chi connectivity index (χ0v) is 14.8. The van der Waals surface area contributed by atoms with E-state index in [-0.39, 0.29) is 17.3 Å². The molecule has 1 amide bonds. The van der Waals surface area contributed by atoms with Crippen LogP contribution in [0.1, 0.15) is 35.7 Å². The van der Waals surface area contributed by atoms with E-state index in [1.54, 1.807) is 20.8 Å². The van der Waals surface area contributed by atoms with Crippen LogP contribution in [-0.2, 0) is 16.6 Å². The van der Waals surface area contributed by atoms with Crippen LogP contribution in [0.5, 0.6) is 0 Å². The first-order valence-corrected chi connectivity index (χ1v) is 9.11. The van der Waals surface area contributed by atoms with Gasteiger partial charge in [0.1, 0.15) is 5.76 Å². The zero-order valence-electron chi connectivity index (χ0n) is 13.9. The molecule has 0 saturated carbocycles. The van der Waals surface area contributed by atoms with Gasteiger partial charge >= 0.3 is 0 Å². The van der Waals surface area contributed by atoms with Gasteiger partial charge in [0.15, 0.2) is 6.39 Å². The first-order valence-electron chi connectivity index (χ1n) is 7.67. The van der Waals surface area contributed by atoms with E-state index in [2.05, 4.69) is 10.3 Å². The summed E-state index contributed by atoms with van der Waals surface area (Å²) in [5.74, 6) is 0.279. The Morgan fingerprint density at radius 1 is 1.21 bits per heavy atom. The van der Waals surface area contributed by atoms with Gasteiger partial charge in [-0.25, -0.2) is 13.4 Å². The second kappa shape index (κ2) is 7.59. The number of sulfonamides is 1. The van der Waals surface area contributed by atoms with Crippen molar-refractivity contribution in [3.8, 4) is 0 Å². The molecule has 0 radical (unpaired) electrons. The molecular weight excluding hydrogens is 330 g/mol. The number of benzene rings is 1. The molecule has 0 atom stereocenters. The molecule has 0 bridgehead atoms. The quantitative estimate of drug-likeness (QED) is 0.823. The Morgan fingerprint density at radius 2 is 1.83 bits per heavy atom. The lowest BCUT2D eigenvalue weighted by Gasteiger charge is -2.18. The number of carbonyl (C=O) groups is 1. The van der Waals surface area contributed by atoms with Gasteiger partial charge in [-0.05, 0) is 31.2 Å². The third kappa shape index (κ3) is 3.82. The number of amides is 1. The molecule has 7 nitrogen and oxygen atoms in total. The lowest BCUT2D eigenvalue weighted by Crippen LogP contribution is -2.30. The molecule has 0 saturated heterocycles. The number of carbonyl (C=O) groups excluding carboxylic acids is 1. The summed E-state index contributed by atoms with van der Waals surface area (Å²) in [6.07, 6.45) is 1.32. The van der Waals surface area contributed by atoms with E-state index in [1.807, 2.05) is 0 Å². The van der Waals surface area contributed by atoms with Crippen molar-refractivity contribution < 1.29 is 17.6 Å². The Balaban J connectivity index is 2.08. The van der Waals surface area contributed by atoms with Gasteiger partial charge in [0.2, 0.25) is 10.0 Å². The molecule has 0 spiro atoms. The van der Waals surface area contributed by atoms with Crippen LogP contribution in [-0.4, -0.2) is 36.7 Å². The molecule has 1 aromatic heterocycles. The van der Waals surface area contributed by atoms with Crippen molar-refractivity contribution in [2.75, 3.05) is 13.1 Å². The Labute approximate surface area is 141 Å². The Morgan fingerprint density at radius 3 is 2.33 bits per heavy atom. The van der Waals surface area contributed by atoms with Crippen LogP contribution in [0.15, 0.2) is 40.0 Å². The molecule has 0 unspecified atom stereocenters. The van der Waals surface area contributed by atoms with Crippen molar-refractivity contribution in [1.29, 1.82) is 0 Å². The summed E-state index contributed by atoms with van der Waals surface area (Å²) >= 11 is 0. The number of nitrogens with zero attached hydrogens (tertiary/aromatic N) is 2. The van der Waals surface area contributed by atoms with Crippen molar-refractivity contribution in [2.45, 2.75) is 32.2 Å². The van der Waals surface area contributed by atoms with Crippen LogP contribution < -0.4 is 5.32 Å². The van der Waals surface area contributed by atoms with Gasteiger partial charge in [0.25, 0.3) is 5.91 Å². The molecule has 0 aliphatic heterocycles. The van der Waals surface area contributed by atoms with Gasteiger partial charge in [-0.2, -0.15) is 4.31 Å². The van der Waals surface area contributed by atoms with Crippen molar-refractivity contribution in [3.05, 3.63) is 47.7 Å².